The molecule has 27 heavy (non-hydrogen) atoms. The van der Waals surface area contributed by atoms with Gasteiger partial charge in [0.2, 0.25) is 0 Å². The van der Waals surface area contributed by atoms with Gasteiger partial charge in [-0.15, -0.1) is 0 Å². The van der Waals surface area contributed by atoms with Crippen molar-refractivity contribution in [2.75, 3.05) is 14.2 Å². The first kappa shape index (κ1) is 18.9. The number of carbonyl (C=O) groups excluding carboxylic acids is 2. The third kappa shape index (κ3) is 3.65. The molecule has 1 fully saturated rings. The number of rotatable bonds is 5. The highest BCUT2D eigenvalue weighted by Gasteiger charge is 2.46. The highest BCUT2D eigenvalue weighted by molar-refractivity contribution is 5.76. The molecule has 0 amide bonds. The summed E-state index contributed by atoms with van der Waals surface area (Å²) in [7, 11) is 3.08. The Labute approximate surface area is 156 Å². The van der Waals surface area contributed by atoms with Gasteiger partial charge >= 0.3 is 5.97 Å². The van der Waals surface area contributed by atoms with Gasteiger partial charge in [-0.05, 0) is 18.2 Å². The Morgan fingerprint density at radius 2 is 2.07 bits per heavy atom. The molecule has 3 rings (SSSR count). The highest BCUT2D eigenvalue weighted by Crippen LogP contribution is 2.37. The Morgan fingerprint density at radius 1 is 1.26 bits per heavy atom. The lowest BCUT2D eigenvalue weighted by molar-refractivity contribution is -0.157. The number of benzene rings is 1. The summed E-state index contributed by atoms with van der Waals surface area (Å²) in [5.74, 6) is 6.96. The van der Waals surface area contributed by atoms with Crippen molar-refractivity contribution < 1.29 is 28.6 Å². The Morgan fingerprint density at radius 3 is 2.74 bits per heavy atom. The van der Waals surface area contributed by atoms with Crippen molar-refractivity contribution in [3.05, 3.63) is 53.6 Å². The van der Waals surface area contributed by atoms with E-state index >= 15 is 0 Å². The molecule has 0 saturated carbocycles. The molecule has 1 aliphatic heterocycles. The predicted molar refractivity (Wildman–Crippen MR) is 95.3 cm³/mol. The smallest absolute Gasteiger partial charge is 0.355 e. The minimum absolute atomic E-state index is 0.399. The van der Waals surface area contributed by atoms with Crippen molar-refractivity contribution in [2.24, 2.45) is 11.8 Å². The SMILES string of the molecule is COc1ccc(C2NC(C3C=CC=CC3=C=O)C(C(=O)ON)O2)c(OC)c1. The highest BCUT2D eigenvalue weighted by atomic mass is 16.7. The Bertz CT molecular complexity index is 827. The maximum absolute atomic E-state index is 12.2. The van der Waals surface area contributed by atoms with E-state index in [0.29, 0.717) is 22.6 Å². The molecule has 142 valence electrons. The first-order valence-corrected chi connectivity index (χ1v) is 8.26. The van der Waals surface area contributed by atoms with E-state index in [0.717, 1.165) is 0 Å². The van der Waals surface area contributed by atoms with Gasteiger partial charge < -0.3 is 19.0 Å². The summed E-state index contributed by atoms with van der Waals surface area (Å²) in [5.41, 5.74) is 1.07. The van der Waals surface area contributed by atoms with Crippen LogP contribution in [0.5, 0.6) is 11.5 Å². The topological polar surface area (TPSA) is 109 Å². The van der Waals surface area contributed by atoms with Crippen LogP contribution in [0.25, 0.3) is 0 Å². The van der Waals surface area contributed by atoms with E-state index in [1.807, 2.05) is 5.94 Å². The van der Waals surface area contributed by atoms with Crippen molar-refractivity contribution >= 4 is 11.9 Å². The molecule has 1 aliphatic carbocycles. The minimum Gasteiger partial charge on any atom is -0.497 e. The van der Waals surface area contributed by atoms with E-state index in [9.17, 15) is 9.59 Å². The van der Waals surface area contributed by atoms with Crippen LogP contribution in [0.2, 0.25) is 0 Å². The molecule has 0 aromatic heterocycles. The van der Waals surface area contributed by atoms with Crippen molar-refractivity contribution in [1.29, 1.82) is 0 Å². The molecule has 1 aromatic carbocycles. The lowest BCUT2D eigenvalue weighted by atomic mass is 9.86. The van der Waals surface area contributed by atoms with Gasteiger partial charge in [-0.1, -0.05) is 18.2 Å². The first-order chi connectivity index (χ1) is 13.1. The van der Waals surface area contributed by atoms with Crippen molar-refractivity contribution in [3.63, 3.8) is 0 Å². The number of methoxy groups -OCH3 is 2. The number of allylic oxidation sites excluding steroid dienone is 3. The molecule has 8 heteroatoms. The molecular weight excluding hydrogens is 352 g/mol. The molecule has 1 heterocycles. The molecular formula is C19H20N2O6. The van der Waals surface area contributed by atoms with Gasteiger partial charge in [-0.2, -0.15) is 5.90 Å². The van der Waals surface area contributed by atoms with Crippen LogP contribution in [0.15, 0.2) is 48.1 Å². The van der Waals surface area contributed by atoms with Gasteiger partial charge in [0.15, 0.2) is 6.10 Å². The Kier molecular flexibility index (Phi) is 5.73. The number of hydrogen-bond donors (Lipinski definition) is 2. The fraction of sp³-hybridized carbons (Fsp3) is 0.316. The van der Waals surface area contributed by atoms with Crippen LogP contribution < -0.4 is 20.7 Å². The van der Waals surface area contributed by atoms with Gasteiger partial charge in [-0.3, -0.25) is 5.32 Å². The summed E-state index contributed by atoms with van der Waals surface area (Å²) in [6.07, 6.45) is 5.27. The van der Waals surface area contributed by atoms with Gasteiger partial charge in [0.25, 0.3) is 0 Å². The third-order valence-corrected chi connectivity index (χ3v) is 4.59. The molecule has 4 atom stereocenters. The van der Waals surface area contributed by atoms with E-state index in [-0.39, 0.29) is 0 Å². The molecule has 1 aromatic rings. The zero-order valence-corrected chi connectivity index (χ0v) is 14.9. The molecule has 8 nitrogen and oxygen atoms in total. The lowest BCUT2D eigenvalue weighted by Gasteiger charge is -2.24. The normalized spacial score (nSPS) is 26.6. The number of ether oxygens (including phenoxy) is 3. The predicted octanol–water partition coefficient (Wildman–Crippen LogP) is 0.976. The number of nitrogens with two attached hydrogens (primary N) is 1. The van der Waals surface area contributed by atoms with Crippen LogP contribution in [0.1, 0.15) is 11.8 Å². The van der Waals surface area contributed by atoms with Crippen molar-refractivity contribution in [2.45, 2.75) is 18.4 Å². The molecule has 0 spiro atoms. The fourth-order valence-corrected chi connectivity index (χ4v) is 3.27. The Hall–Kier alpha value is -2.90. The summed E-state index contributed by atoms with van der Waals surface area (Å²) < 4.78 is 16.5. The Balaban J connectivity index is 1.94. The molecule has 3 N–H and O–H groups in total. The zero-order valence-electron chi connectivity index (χ0n) is 14.9. The summed E-state index contributed by atoms with van der Waals surface area (Å²) in [6, 6.07) is 4.67. The molecule has 4 unspecified atom stereocenters. The number of carbonyl (C=O) groups is 1. The lowest BCUT2D eigenvalue weighted by Crippen LogP contribution is -2.44. The van der Waals surface area contributed by atoms with Crippen molar-refractivity contribution in [1.82, 2.24) is 5.32 Å². The van der Waals surface area contributed by atoms with Crippen LogP contribution in [0.4, 0.5) is 0 Å². The largest absolute Gasteiger partial charge is 0.497 e. The van der Waals surface area contributed by atoms with E-state index < -0.39 is 30.3 Å². The average Bonchev–Trinajstić information content (AvgIpc) is 3.17. The second-order valence-electron chi connectivity index (χ2n) is 6.00. The second-order valence-corrected chi connectivity index (χ2v) is 6.00. The van der Waals surface area contributed by atoms with E-state index in [4.69, 9.17) is 20.1 Å². The maximum atomic E-state index is 12.2. The maximum Gasteiger partial charge on any atom is 0.355 e. The van der Waals surface area contributed by atoms with Crippen LogP contribution in [0.3, 0.4) is 0 Å². The molecule has 0 radical (unpaired) electrons. The van der Waals surface area contributed by atoms with Gasteiger partial charge in [0, 0.05) is 23.1 Å². The molecule has 1 saturated heterocycles. The quantitative estimate of drug-likeness (QED) is 0.581. The molecule has 0 bridgehead atoms. The van der Waals surface area contributed by atoms with E-state index in [1.54, 1.807) is 49.6 Å². The fourth-order valence-electron chi connectivity index (χ4n) is 3.27. The van der Waals surface area contributed by atoms with Crippen LogP contribution in [0, 0.1) is 5.92 Å². The van der Waals surface area contributed by atoms with Crippen molar-refractivity contribution in [3.8, 4) is 11.5 Å². The van der Waals surface area contributed by atoms with E-state index in [2.05, 4.69) is 10.2 Å². The number of nitrogens with one attached hydrogen (secondary N) is 1. The van der Waals surface area contributed by atoms with Gasteiger partial charge in [-0.25, -0.2) is 9.59 Å². The van der Waals surface area contributed by atoms with Crippen LogP contribution >= 0.6 is 0 Å². The standard InChI is InChI=1S/C19H20N2O6/c1-24-12-7-8-14(15(9-12)25-2)18-21-16(17(26-18)19(23)27-20)13-6-4-3-5-11(13)10-22/h3-9,13,16-18,21H,20H2,1-2H3. The second kappa shape index (κ2) is 8.20. The third-order valence-electron chi connectivity index (χ3n) is 4.59. The summed E-state index contributed by atoms with van der Waals surface area (Å²) in [4.78, 5) is 27.9. The molecule has 2 aliphatic rings. The summed E-state index contributed by atoms with van der Waals surface area (Å²) in [5, 5.41) is 3.23. The average molecular weight is 372 g/mol. The van der Waals surface area contributed by atoms with Gasteiger partial charge in [0.1, 0.15) is 23.7 Å². The summed E-state index contributed by atoms with van der Waals surface area (Å²) >= 11 is 0. The van der Waals surface area contributed by atoms with Crippen LogP contribution in [-0.4, -0.2) is 38.3 Å². The number of hydrogen-bond acceptors (Lipinski definition) is 8. The van der Waals surface area contributed by atoms with Gasteiger partial charge in [0.05, 0.1) is 20.3 Å². The zero-order chi connectivity index (χ0) is 19.4. The summed E-state index contributed by atoms with van der Waals surface area (Å²) in [6.45, 7) is 0. The first-order valence-electron chi connectivity index (χ1n) is 8.26. The monoisotopic (exact) mass is 372 g/mol. The van der Waals surface area contributed by atoms with E-state index in [1.165, 1.54) is 7.11 Å². The van der Waals surface area contributed by atoms with Crippen LogP contribution in [-0.2, 0) is 19.2 Å². The minimum atomic E-state index is -1.02.